The predicted molar refractivity (Wildman–Crippen MR) is 77.8 cm³/mol. The van der Waals surface area contributed by atoms with Gasteiger partial charge in [0.25, 0.3) is 0 Å². The van der Waals surface area contributed by atoms with E-state index >= 15 is 0 Å². The molecule has 0 saturated carbocycles. The van der Waals surface area contributed by atoms with Gasteiger partial charge in [0.05, 0.1) is 19.3 Å². The summed E-state index contributed by atoms with van der Waals surface area (Å²) in [5, 5.41) is 13.1. The molecule has 0 radical (unpaired) electrons. The van der Waals surface area contributed by atoms with Gasteiger partial charge in [-0.05, 0) is 31.7 Å². The number of aliphatic hydroxyl groups excluding tert-OH is 1. The third-order valence-electron chi connectivity index (χ3n) is 3.44. The second-order valence-electron chi connectivity index (χ2n) is 4.95. The number of hydrogen-bond donors (Lipinski definition) is 2. The molecule has 1 aromatic rings. The quantitative estimate of drug-likeness (QED) is 0.882. The Balaban J connectivity index is 2.18. The molecular weight excluding hydrogens is 264 g/mol. The maximum Gasteiger partial charge on any atom is 0.0981 e. The van der Waals surface area contributed by atoms with Gasteiger partial charge in [0, 0.05) is 29.8 Å². The summed E-state index contributed by atoms with van der Waals surface area (Å²) in [4.78, 5) is 2.24. The van der Waals surface area contributed by atoms with Crippen LogP contribution in [0.4, 0.5) is 5.69 Å². The smallest absolute Gasteiger partial charge is 0.0981 e. The van der Waals surface area contributed by atoms with Crippen LogP contribution in [0, 0.1) is 0 Å². The zero-order valence-corrected chi connectivity index (χ0v) is 12.2. The van der Waals surface area contributed by atoms with Gasteiger partial charge >= 0.3 is 0 Å². The standard InChI is InChI=1S/C14H21ClN2O2/c1-10-9-19-13(8-18)7-17(10)12-4-3-11(6-16-2)14(15)5-12/h3-5,10,13,16,18H,6-9H2,1-2H3. The van der Waals surface area contributed by atoms with Crippen molar-refractivity contribution in [1.29, 1.82) is 0 Å². The van der Waals surface area contributed by atoms with E-state index in [9.17, 15) is 5.11 Å². The van der Waals surface area contributed by atoms with E-state index in [1.54, 1.807) is 0 Å². The second-order valence-corrected chi connectivity index (χ2v) is 5.35. The number of ether oxygens (including phenoxy) is 1. The number of aliphatic hydroxyl groups is 1. The van der Waals surface area contributed by atoms with Gasteiger partial charge in [-0.3, -0.25) is 0 Å². The monoisotopic (exact) mass is 284 g/mol. The minimum absolute atomic E-state index is 0.0504. The van der Waals surface area contributed by atoms with Crippen molar-refractivity contribution in [1.82, 2.24) is 5.32 Å². The summed E-state index contributed by atoms with van der Waals surface area (Å²) in [6.07, 6.45) is -0.119. The minimum atomic E-state index is -0.119. The summed E-state index contributed by atoms with van der Waals surface area (Å²) in [6, 6.07) is 6.40. The van der Waals surface area contributed by atoms with Gasteiger partial charge < -0.3 is 20.1 Å². The van der Waals surface area contributed by atoms with Gasteiger partial charge in [-0.15, -0.1) is 0 Å². The Morgan fingerprint density at radius 3 is 2.95 bits per heavy atom. The third-order valence-corrected chi connectivity index (χ3v) is 3.80. The van der Waals surface area contributed by atoms with Gasteiger partial charge in [0.1, 0.15) is 0 Å². The number of morpholine rings is 1. The lowest BCUT2D eigenvalue weighted by atomic mass is 10.1. The molecule has 1 aromatic carbocycles. The van der Waals surface area contributed by atoms with E-state index in [1.807, 2.05) is 19.2 Å². The first-order valence-electron chi connectivity index (χ1n) is 6.57. The van der Waals surface area contributed by atoms with Crippen molar-refractivity contribution in [3.05, 3.63) is 28.8 Å². The van der Waals surface area contributed by atoms with Crippen LogP contribution in [0.2, 0.25) is 5.02 Å². The van der Waals surface area contributed by atoms with Crippen LogP contribution in [0.3, 0.4) is 0 Å². The molecule has 0 aromatic heterocycles. The number of nitrogens with one attached hydrogen (secondary N) is 1. The van der Waals surface area contributed by atoms with Crippen molar-refractivity contribution in [2.75, 3.05) is 31.7 Å². The van der Waals surface area contributed by atoms with Crippen LogP contribution in [-0.2, 0) is 11.3 Å². The maximum absolute atomic E-state index is 9.22. The fraction of sp³-hybridized carbons (Fsp3) is 0.571. The van der Waals surface area contributed by atoms with Gasteiger partial charge in [-0.2, -0.15) is 0 Å². The number of rotatable bonds is 4. The van der Waals surface area contributed by atoms with Crippen molar-refractivity contribution >= 4 is 17.3 Å². The minimum Gasteiger partial charge on any atom is -0.394 e. The first kappa shape index (κ1) is 14.6. The molecule has 0 spiro atoms. The van der Waals surface area contributed by atoms with Crippen LogP contribution >= 0.6 is 11.6 Å². The largest absolute Gasteiger partial charge is 0.394 e. The first-order valence-corrected chi connectivity index (χ1v) is 6.95. The van der Waals surface area contributed by atoms with Crippen LogP contribution in [0.25, 0.3) is 0 Å². The molecule has 2 N–H and O–H groups in total. The molecule has 4 nitrogen and oxygen atoms in total. The Morgan fingerprint density at radius 2 is 2.32 bits per heavy atom. The Labute approximate surface area is 119 Å². The van der Waals surface area contributed by atoms with Gasteiger partial charge in [-0.1, -0.05) is 17.7 Å². The Hall–Kier alpha value is -0.810. The van der Waals surface area contributed by atoms with Crippen molar-refractivity contribution in [3.63, 3.8) is 0 Å². The average molecular weight is 285 g/mol. The molecule has 1 aliphatic rings. The zero-order valence-electron chi connectivity index (χ0n) is 11.4. The lowest BCUT2D eigenvalue weighted by Gasteiger charge is -2.39. The number of hydrogen-bond acceptors (Lipinski definition) is 4. The van der Waals surface area contributed by atoms with Gasteiger partial charge in [0.15, 0.2) is 0 Å². The van der Waals surface area contributed by atoms with E-state index in [0.29, 0.717) is 13.2 Å². The summed E-state index contributed by atoms with van der Waals surface area (Å²) in [5.74, 6) is 0. The first-order chi connectivity index (χ1) is 9.15. The summed E-state index contributed by atoms with van der Waals surface area (Å²) >= 11 is 6.30. The number of anilines is 1. The molecule has 19 heavy (non-hydrogen) atoms. The Bertz CT molecular complexity index is 428. The molecule has 1 aliphatic heterocycles. The molecule has 106 valence electrons. The Morgan fingerprint density at radius 1 is 1.53 bits per heavy atom. The lowest BCUT2D eigenvalue weighted by molar-refractivity contribution is -0.0103. The van der Waals surface area contributed by atoms with Crippen molar-refractivity contribution < 1.29 is 9.84 Å². The normalized spacial score (nSPS) is 23.7. The van der Waals surface area contributed by atoms with E-state index in [-0.39, 0.29) is 18.8 Å². The highest BCUT2D eigenvalue weighted by Gasteiger charge is 2.26. The molecular formula is C14H21ClN2O2. The van der Waals surface area contributed by atoms with Crippen molar-refractivity contribution in [2.45, 2.75) is 25.6 Å². The van der Waals surface area contributed by atoms with Crippen LogP contribution in [0.5, 0.6) is 0 Å². The predicted octanol–water partition coefficient (Wildman–Crippen LogP) is 1.65. The number of nitrogens with zero attached hydrogens (tertiary/aromatic N) is 1. The zero-order chi connectivity index (χ0) is 13.8. The Kier molecular flexibility index (Phi) is 5.05. The van der Waals surface area contributed by atoms with Crippen LogP contribution in [-0.4, -0.2) is 44.1 Å². The number of benzene rings is 1. The summed E-state index contributed by atoms with van der Waals surface area (Å²) in [6.45, 7) is 4.25. The molecule has 1 fully saturated rings. The van der Waals surface area contributed by atoms with E-state index in [0.717, 1.165) is 22.8 Å². The average Bonchev–Trinajstić information content (AvgIpc) is 2.42. The molecule has 0 aliphatic carbocycles. The van der Waals surface area contributed by atoms with E-state index in [4.69, 9.17) is 16.3 Å². The lowest BCUT2D eigenvalue weighted by Crippen LogP contribution is -2.49. The van der Waals surface area contributed by atoms with Crippen LogP contribution < -0.4 is 10.2 Å². The molecule has 2 rings (SSSR count). The second kappa shape index (κ2) is 6.57. The van der Waals surface area contributed by atoms with E-state index < -0.39 is 0 Å². The molecule has 0 amide bonds. The summed E-state index contributed by atoms with van der Waals surface area (Å²) < 4.78 is 5.55. The topological polar surface area (TPSA) is 44.7 Å². The molecule has 0 bridgehead atoms. The highest BCUT2D eigenvalue weighted by atomic mass is 35.5. The van der Waals surface area contributed by atoms with Gasteiger partial charge in [-0.25, -0.2) is 0 Å². The van der Waals surface area contributed by atoms with E-state index in [2.05, 4.69) is 23.2 Å². The molecule has 1 heterocycles. The van der Waals surface area contributed by atoms with Crippen LogP contribution in [0.1, 0.15) is 12.5 Å². The SMILES string of the molecule is CNCc1ccc(N2CC(CO)OCC2C)cc1Cl. The fourth-order valence-electron chi connectivity index (χ4n) is 2.34. The maximum atomic E-state index is 9.22. The molecule has 2 unspecified atom stereocenters. The molecule has 1 saturated heterocycles. The highest BCUT2D eigenvalue weighted by Crippen LogP contribution is 2.27. The van der Waals surface area contributed by atoms with Crippen molar-refractivity contribution in [2.24, 2.45) is 0 Å². The van der Waals surface area contributed by atoms with Gasteiger partial charge in [0.2, 0.25) is 0 Å². The molecule has 5 heteroatoms. The fourth-order valence-corrected chi connectivity index (χ4v) is 2.58. The van der Waals surface area contributed by atoms with E-state index in [1.165, 1.54) is 0 Å². The van der Waals surface area contributed by atoms with Crippen molar-refractivity contribution in [3.8, 4) is 0 Å². The highest BCUT2D eigenvalue weighted by molar-refractivity contribution is 6.31. The summed E-state index contributed by atoms with van der Waals surface area (Å²) in [7, 11) is 1.90. The summed E-state index contributed by atoms with van der Waals surface area (Å²) in [5.41, 5.74) is 2.17. The van der Waals surface area contributed by atoms with Crippen LogP contribution in [0.15, 0.2) is 18.2 Å². The third kappa shape index (κ3) is 3.39. The molecule has 2 atom stereocenters. The number of halogens is 1.